The number of sulfonamides is 1. The van der Waals surface area contributed by atoms with Gasteiger partial charge < -0.3 is 19.7 Å². The number of nitrogens with zero attached hydrogens (tertiary/aromatic N) is 2. The summed E-state index contributed by atoms with van der Waals surface area (Å²) >= 11 is 0. The molecule has 2 heterocycles. The number of aryl methyl sites for hydroxylation is 1. The SMILES string of the molecule is Cc1ccc(NC(=O)COC(=O)[C@@H]2CC(=O)N(C)C2)cc1S(=O)(=O)N1CCOCC1. The molecule has 30 heavy (non-hydrogen) atoms. The molecule has 0 saturated carbocycles. The van der Waals surface area contributed by atoms with E-state index in [1.807, 2.05) is 0 Å². The van der Waals surface area contributed by atoms with E-state index >= 15 is 0 Å². The maximum Gasteiger partial charge on any atom is 0.311 e. The normalized spacial score (nSPS) is 20.3. The molecule has 2 aliphatic rings. The number of likely N-dealkylation sites (tertiary alicyclic amines) is 1. The number of benzene rings is 1. The van der Waals surface area contributed by atoms with Crippen LogP contribution in [0, 0.1) is 12.8 Å². The average Bonchev–Trinajstić information content (AvgIpc) is 3.06. The van der Waals surface area contributed by atoms with Gasteiger partial charge in [0, 0.05) is 38.8 Å². The number of hydrogen-bond acceptors (Lipinski definition) is 7. The van der Waals surface area contributed by atoms with Gasteiger partial charge in [-0.3, -0.25) is 14.4 Å². The maximum atomic E-state index is 12.9. The van der Waals surface area contributed by atoms with E-state index in [1.165, 1.54) is 15.3 Å². The van der Waals surface area contributed by atoms with Gasteiger partial charge in [0.1, 0.15) is 0 Å². The topological polar surface area (TPSA) is 122 Å². The van der Waals surface area contributed by atoms with E-state index in [-0.39, 0.29) is 42.5 Å². The molecule has 0 bridgehead atoms. The van der Waals surface area contributed by atoms with Crippen molar-refractivity contribution in [3.63, 3.8) is 0 Å². The fourth-order valence-corrected chi connectivity index (χ4v) is 5.01. The van der Waals surface area contributed by atoms with Crippen molar-refractivity contribution in [1.29, 1.82) is 0 Å². The predicted molar refractivity (Wildman–Crippen MR) is 106 cm³/mol. The first kappa shape index (κ1) is 22.2. The van der Waals surface area contributed by atoms with Gasteiger partial charge in [-0.05, 0) is 24.6 Å². The number of carbonyl (C=O) groups excluding carboxylic acids is 3. The molecule has 2 aliphatic heterocycles. The molecule has 11 heteroatoms. The van der Waals surface area contributed by atoms with Gasteiger partial charge in [-0.1, -0.05) is 6.07 Å². The third-order valence-corrected chi connectivity index (χ3v) is 7.12. The number of nitrogens with one attached hydrogen (secondary N) is 1. The summed E-state index contributed by atoms with van der Waals surface area (Å²) in [6, 6.07) is 4.58. The number of ether oxygens (including phenoxy) is 2. The number of amides is 2. The lowest BCUT2D eigenvalue weighted by Gasteiger charge is -2.26. The molecule has 164 valence electrons. The third kappa shape index (κ3) is 4.97. The molecule has 0 aliphatic carbocycles. The Labute approximate surface area is 175 Å². The van der Waals surface area contributed by atoms with Crippen LogP contribution >= 0.6 is 0 Å². The van der Waals surface area contributed by atoms with Crippen LogP contribution in [0.2, 0.25) is 0 Å². The average molecular weight is 439 g/mol. The summed E-state index contributed by atoms with van der Waals surface area (Å²) in [4.78, 5) is 37.2. The summed E-state index contributed by atoms with van der Waals surface area (Å²) in [7, 11) is -2.12. The smallest absolute Gasteiger partial charge is 0.311 e. The third-order valence-electron chi connectivity index (χ3n) is 5.08. The van der Waals surface area contributed by atoms with E-state index in [1.54, 1.807) is 26.1 Å². The number of anilines is 1. The molecule has 2 amide bonds. The number of rotatable bonds is 6. The maximum absolute atomic E-state index is 12.9. The molecule has 0 spiro atoms. The molecular formula is C19H25N3O7S. The van der Waals surface area contributed by atoms with Gasteiger partial charge in [0.05, 0.1) is 24.0 Å². The van der Waals surface area contributed by atoms with E-state index < -0.39 is 34.4 Å². The molecular weight excluding hydrogens is 414 g/mol. The van der Waals surface area contributed by atoms with Crippen molar-refractivity contribution in [2.24, 2.45) is 5.92 Å². The molecule has 2 fully saturated rings. The lowest BCUT2D eigenvalue weighted by Crippen LogP contribution is -2.40. The number of morpholine rings is 1. The van der Waals surface area contributed by atoms with Crippen LogP contribution < -0.4 is 5.32 Å². The van der Waals surface area contributed by atoms with Gasteiger partial charge in [0.25, 0.3) is 5.91 Å². The fourth-order valence-electron chi connectivity index (χ4n) is 3.35. The van der Waals surface area contributed by atoms with Crippen molar-refractivity contribution in [2.45, 2.75) is 18.2 Å². The van der Waals surface area contributed by atoms with Gasteiger partial charge in [-0.2, -0.15) is 4.31 Å². The summed E-state index contributed by atoms with van der Waals surface area (Å²) < 4.78 is 37.4. The summed E-state index contributed by atoms with van der Waals surface area (Å²) in [5.74, 6) is -1.93. The predicted octanol–water partition coefficient (Wildman–Crippen LogP) is -0.0241. The lowest BCUT2D eigenvalue weighted by molar-refractivity contribution is -0.151. The Morgan fingerprint density at radius 1 is 1.27 bits per heavy atom. The lowest BCUT2D eigenvalue weighted by atomic mass is 10.1. The largest absolute Gasteiger partial charge is 0.455 e. The zero-order valence-electron chi connectivity index (χ0n) is 16.9. The van der Waals surface area contributed by atoms with Gasteiger partial charge in [0.2, 0.25) is 15.9 Å². The highest BCUT2D eigenvalue weighted by molar-refractivity contribution is 7.89. The summed E-state index contributed by atoms with van der Waals surface area (Å²) in [5, 5.41) is 2.55. The molecule has 10 nitrogen and oxygen atoms in total. The second kappa shape index (κ2) is 9.11. The minimum absolute atomic E-state index is 0.0671. The summed E-state index contributed by atoms with van der Waals surface area (Å²) in [5.41, 5.74) is 0.838. The first-order valence-corrected chi connectivity index (χ1v) is 11.0. The van der Waals surface area contributed by atoms with Crippen LogP contribution in [0.25, 0.3) is 0 Å². The second-order valence-corrected chi connectivity index (χ2v) is 9.23. The van der Waals surface area contributed by atoms with Gasteiger partial charge in [-0.15, -0.1) is 0 Å². The molecule has 1 aromatic carbocycles. The van der Waals surface area contributed by atoms with E-state index in [0.29, 0.717) is 18.8 Å². The summed E-state index contributed by atoms with van der Waals surface area (Å²) in [6.07, 6.45) is 0.0671. The van der Waals surface area contributed by atoms with Crippen molar-refractivity contribution < 1.29 is 32.3 Å². The molecule has 0 unspecified atom stereocenters. The molecule has 0 aromatic heterocycles. The van der Waals surface area contributed by atoms with Gasteiger partial charge >= 0.3 is 5.97 Å². The van der Waals surface area contributed by atoms with Crippen molar-refractivity contribution in [1.82, 2.24) is 9.21 Å². The van der Waals surface area contributed by atoms with Crippen LogP contribution in [0.3, 0.4) is 0 Å². The van der Waals surface area contributed by atoms with Crippen molar-refractivity contribution in [3.8, 4) is 0 Å². The Morgan fingerprint density at radius 3 is 2.60 bits per heavy atom. The number of carbonyl (C=O) groups is 3. The Balaban J connectivity index is 1.61. The van der Waals surface area contributed by atoms with Crippen LogP contribution in [0.15, 0.2) is 23.1 Å². The first-order chi connectivity index (χ1) is 14.2. The Morgan fingerprint density at radius 2 is 1.97 bits per heavy atom. The molecule has 1 N–H and O–H groups in total. The molecule has 2 saturated heterocycles. The van der Waals surface area contributed by atoms with E-state index in [9.17, 15) is 22.8 Å². The Bertz CT molecular complexity index is 941. The van der Waals surface area contributed by atoms with Crippen LogP contribution in [0.5, 0.6) is 0 Å². The van der Waals surface area contributed by atoms with Crippen LogP contribution in [0.4, 0.5) is 5.69 Å². The van der Waals surface area contributed by atoms with Crippen LogP contribution in [-0.4, -0.2) is 81.9 Å². The fraction of sp³-hybridized carbons (Fsp3) is 0.526. The van der Waals surface area contributed by atoms with Crippen molar-refractivity contribution in [2.75, 3.05) is 51.8 Å². The first-order valence-electron chi connectivity index (χ1n) is 9.57. The minimum Gasteiger partial charge on any atom is -0.455 e. The second-order valence-electron chi connectivity index (χ2n) is 7.33. The van der Waals surface area contributed by atoms with E-state index in [0.717, 1.165) is 0 Å². The molecule has 1 aromatic rings. The number of hydrogen-bond donors (Lipinski definition) is 1. The highest BCUT2D eigenvalue weighted by Gasteiger charge is 2.33. The zero-order chi connectivity index (χ0) is 21.9. The highest BCUT2D eigenvalue weighted by Crippen LogP contribution is 2.24. The Kier molecular flexibility index (Phi) is 6.74. The van der Waals surface area contributed by atoms with Crippen molar-refractivity contribution >= 4 is 33.5 Å². The van der Waals surface area contributed by atoms with E-state index in [2.05, 4.69) is 5.32 Å². The highest BCUT2D eigenvalue weighted by atomic mass is 32.2. The quantitative estimate of drug-likeness (QED) is 0.618. The van der Waals surface area contributed by atoms with Crippen LogP contribution in [0.1, 0.15) is 12.0 Å². The van der Waals surface area contributed by atoms with E-state index in [4.69, 9.17) is 9.47 Å². The minimum atomic E-state index is -3.72. The Hall–Kier alpha value is -2.50. The van der Waals surface area contributed by atoms with Crippen molar-refractivity contribution in [3.05, 3.63) is 23.8 Å². The molecule has 3 rings (SSSR count). The summed E-state index contributed by atoms with van der Waals surface area (Å²) in [6.45, 7) is 2.64. The van der Waals surface area contributed by atoms with Gasteiger partial charge in [0.15, 0.2) is 6.61 Å². The molecule has 1 atom stereocenters. The standard InChI is InChI=1S/C19H25N3O7S/c1-13-3-4-15(10-16(13)30(26,27)22-5-7-28-8-6-22)20-17(23)12-29-19(25)14-9-18(24)21(2)11-14/h3-4,10,14H,5-9,11-12H2,1-2H3,(H,20,23)/t14-/m1/s1. The monoisotopic (exact) mass is 439 g/mol. The molecule has 0 radical (unpaired) electrons. The van der Waals surface area contributed by atoms with Crippen LogP contribution in [-0.2, 0) is 33.9 Å². The number of esters is 1. The zero-order valence-corrected chi connectivity index (χ0v) is 17.7. The van der Waals surface area contributed by atoms with Gasteiger partial charge in [-0.25, -0.2) is 8.42 Å².